The van der Waals surface area contributed by atoms with Gasteiger partial charge in [-0.3, -0.25) is 9.78 Å². The zero-order valence-electron chi connectivity index (χ0n) is 21.1. The van der Waals surface area contributed by atoms with Crippen LogP contribution in [-0.4, -0.2) is 10.9 Å². The van der Waals surface area contributed by atoms with Crippen LogP contribution in [-0.2, 0) is 18.0 Å². The van der Waals surface area contributed by atoms with E-state index in [2.05, 4.69) is 10.3 Å². The van der Waals surface area contributed by atoms with E-state index in [0.29, 0.717) is 36.0 Å². The number of fused-ring (bicyclic) bond motifs is 1. The lowest BCUT2D eigenvalue weighted by Gasteiger charge is -2.14. The average Bonchev–Trinajstić information content (AvgIpc) is 2.99. The minimum Gasteiger partial charge on any atom is -0.485 e. The van der Waals surface area contributed by atoms with Gasteiger partial charge in [-0.2, -0.15) is 5.26 Å². The fourth-order valence-corrected chi connectivity index (χ4v) is 4.03. The van der Waals surface area contributed by atoms with Crippen LogP contribution in [0, 0.1) is 11.3 Å². The highest BCUT2D eigenvalue weighted by Crippen LogP contribution is 2.31. The minimum absolute atomic E-state index is 0.0390. The highest BCUT2D eigenvalue weighted by atomic mass is 16.5. The van der Waals surface area contributed by atoms with Crippen LogP contribution in [0.1, 0.15) is 16.7 Å². The Bertz CT molecular complexity index is 1650. The van der Waals surface area contributed by atoms with Gasteiger partial charge in [-0.1, -0.05) is 72.8 Å². The van der Waals surface area contributed by atoms with Crippen molar-refractivity contribution < 1.29 is 14.3 Å². The number of ether oxygens (including phenoxy) is 2. The maximum atomic E-state index is 13.0. The van der Waals surface area contributed by atoms with Crippen LogP contribution in [0.15, 0.2) is 121 Å². The van der Waals surface area contributed by atoms with Crippen molar-refractivity contribution in [2.45, 2.75) is 13.2 Å². The summed E-state index contributed by atoms with van der Waals surface area (Å²) in [5.74, 6) is 0.574. The number of nitrogens with zero attached hydrogens (tertiary/aromatic N) is 2. The SMILES string of the molecule is N#CC(=Cc1ccc(OCc2ccccc2)c(OCc2ccccc2)c1)C(=O)Nc1cccc2ncccc12. The molecule has 0 radical (unpaired) electrons. The second-order valence-electron chi connectivity index (χ2n) is 8.75. The number of benzene rings is 4. The third-order valence-corrected chi connectivity index (χ3v) is 6.01. The second-order valence-corrected chi connectivity index (χ2v) is 8.75. The summed E-state index contributed by atoms with van der Waals surface area (Å²) < 4.78 is 12.2. The Morgan fingerprint density at radius 3 is 2.18 bits per heavy atom. The first-order valence-electron chi connectivity index (χ1n) is 12.4. The Kier molecular flexibility index (Phi) is 7.91. The largest absolute Gasteiger partial charge is 0.485 e. The van der Waals surface area contributed by atoms with Gasteiger partial charge in [-0.05, 0) is 59.2 Å². The number of hydrogen-bond acceptors (Lipinski definition) is 5. The molecule has 4 aromatic carbocycles. The van der Waals surface area contributed by atoms with E-state index in [0.717, 1.165) is 22.0 Å². The van der Waals surface area contributed by atoms with Crippen molar-refractivity contribution in [2.24, 2.45) is 0 Å². The summed E-state index contributed by atoms with van der Waals surface area (Å²) >= 11 is 0. The van der Waals surface area contributed by atoms with Crippen molar-refractivity contribution in [1.29, 1.82) is 5.26 Å². The molecule has 0 aliphatic rings. The van der Waals surface area contributed by atoms with Crippen LogP contribution >= 0.6 is 0 Å². The van der Waals surface area contributed by atoms with E-state index in [-0.39, 0.29) is 5.57 Å². The first-order chi connectivity index (χ1) is 19.2. The number of pyridine rings is 1. The predicted molar refractivity (Wildman–Crippen MR) is 152 cm³/mol. The number of carbonyl (C=O) groups is 1. The monoisotopic (exact) mass is 511 g/mol. The molecule has 0 unspecified atom stereocenters. The van der Waals surface area contributed by atoms with Gasteiger partial charge in [0.15, 0.2) is 11.5 Å². The molecule has 0 atom stereocenters. The maximum absolute atomic E-state index is 13.0. The van der Waals surface area contributed by atoms with Crippen LogP contribution in [0.4, 0.5) is 5.69 Å². The van der Waals surface area contributed by atoms with E-state index in [1.54, 1.807) is 36.5 Å². The molecular formula is C33H25N3O3. The number of hydrogen-bond donors (Lipinski definition) is 1. The van der Waals surface area contributed by atoms with Crippen LogP contribution in [0.3, 0.4) is 0 Å². The van der Waals surface area contributed by atoms with Gasteiger partial charge in [-0.15, -0.1) is 0 Å². The zero-order chi connectivity index (χ0) is 26.9. The first kappa shape index (κ1) is 25.2. The summed E-state index contributed by atoms with van der Waals surface area (Å²) in [6.45, 7) is 0.722. The number of nitrogens with one attached hydrogen (secondary N) is 1. The van der Waals surface area contributed by atoms with Gasteiger partial charge in [-0.25, -0.2) is 0 Å². The van der Waals surface area contributed by atoms with Crippen molar-refractivity contribution >= 4 is 28.6 Å². The summed E-state index contributed by atoms with van der Waals surface area (Å²) in [5, 5.41) is 13.4. The molecule has 1 N–H and O–H groups in total. The second kappa shape index (κ2) is 12.2. The quantitative estimate of drug-likeness (QED) is 0.171. The summed E-state index contributed by atoms with van der Waals surface area (Å²) in [5.41, 5.74) is 3.98. The van der Waals surface area contributed by atoms with Crippen molar-refractivity contribution in [1.82, 2.24) is 4.98 Å². The van der Waals surface area contributed by atoms with Gasteiger partial charge in [0.05, 0.1) is 11.2 Å². The molecule has 0 fully saturated rings. The minimum atomic E-state index is -0.509. The molecule has 5 aromatic rings. The first-order valence-corrected chi connectivity index (χ1v) is 12.4. The van der Waals surface area contributed by atoms with Gasteiger partial charge in [0.1, 0.15) is 24.9 Å². The molecule has 0 saturated carbocycles. The molecule has 39 heavy (non-hydrogen) atoms. The summed E-state index contributed by atoms with van der Waals surface area (Å²) in [6.07, 6.45) is 3.23. The molecule has 1 aromatic heterocycles. The maximum Gasteiger partial charge on any atom is 0.266 e. The molecule has 0 spiro atoms. The predicted octanol–water partition coefficient (Wildman–Crippen LogP) is 6.94. The topological polar surface area (TPSA) is 84.2 Å². The molecule has 6 nitrogen and oxygen atoms in total. The molecule has 0 aliphatic heterocycles. The lowest BCUT2D eigenvalue weighted by atomic mass is 10.1. The fraction of sp³-hybridized carbons (Fsp3) is 0.0606. The average molecular weight is 512 g/mol. The molecule has 0 aliphatic carbocycles. The van der Waals surface area contributed by atoms with Crippen LogP contribution in [0.2, 0.25) is 0 Å². The molecule has 0 bridgehead atoms. The van der Waals surface area contributed by atoms with E-state index in [1.165, 1.54) is 6.08 Å². The lowest BCUT2D eigenvalue weighted by Crippen LogP contribution is -2.13. The number of rotatable bonds is 9. The van der Waals surface area contributed by atoms with Gasteiger partial charge in [0.25, 0.3) is 5.91 Å². The van der Waals surface area contributed by atoms with Gasteiger partial charge in [0, 0.05) is 11.6 Å². The van der Waals surface area contributed by atoms with Crippen LogP contribution in [0.25, 0.3) is 17.0 Å². The summed E-state index contributed by atoms with van der Waals surface area (Å²) in [4.78, 5) is 17.4. The molecule has 0 saturated heterocycles. The Labute approximate surface area is 226 Å². The van der Waals surface area contributed by atoms with E-state index in [4.69, 9.17) is 9.47 Å². The Hall–Kier alpha value is -5.41. The molecule has 1 heterocycles. The van der Waals surface area contributed by atoms with Gasteiger partial charge < -0.3 is 14.8 Å². The van der Waals surface area contributed by atoms with E-state index in [1.807, 2.05) is 84.9 Å². The molecular weight excluding hydrogens is 486 g/mol. The smallest absolute Gasteiger partial charge is 0.266 e. The highest BCUT2D eigenvalue weighted by Gasteiger charge is 2.13. The third-order valence-electron chi connectivity index (χ3n) is 6.01. The summed E-state index contributed by atoms with van der Waals surface area (Å²) in [7, 11) is 0. The standard InChI is InChI=1S/C33H25N3O3/c34-21-27(33(37)36-30-15-7-14-29-28(30)13-8-18-35-29)19-26-16-17-31(38-22-24-9-3-1-4-10-24)32(20-26)39-23-25-11-5-2-6-12-25/h1-20H,22-23H2,(H,36,37). The molecule has 5 rings (SSSR count). The third kappa shape index (κ3) is 6.48. The van der Waals surface area contributed by atoms with Gasteiger partial charge in [0.2, 0.25) is 0 Å². The van der Waals surface area contributed by atoms with Crippen molar-refractivity contribution in [2.75, 3.05) is 5.32 Å². The number of anilines is 1. The Morgan fingerprint density at radius 1 is 0.795 bits per heavy atom. The van der Waals surface area contributed by atoms with Crippen molar-refractivity contribution in [3.63, 3.8) is 0 Å². The van der Waals surface area contributed by atoms with Crippen molar-refractivity contribution in [3.8, 4) is 17.6 Å². The number of nitriles is 1. The van der Waals surface area contributed by atoms with Gasteiger partial charge >= 0.3 is 0 Å². The zero-order valence-corrected chi connectivity index (χ0v) is 21.1. The fourth-order valence-electron chi connectivity index (χ4n) is 4.03. The van der Waals surface area contributed by atoms with Crippen LogP contribution in [0.5, 0.6) is 11.5 Å². The number of aromatic nitrogens is 1. The summed E-state index contributed by atoms with van der Waals surface area (Å²) in [6, 6.07) is 36.2. The molecule has 6 heteroatoms. The molecule has 1 amide bonds. The Morgan fingerprint density at radius 2 is 1.49 bits per heavy atom. The molecule has 190 valence electrons. The van der Waals surface area contributed by atoms with E-state index >= 15 is 0 Å². The van der Waals surface area contributed by atoms with Crippen LogP contribution < -0.4 is 14.8 Å². The number of amides is 1. The number of carbonyl (C=O) groups excluding carboxylic acids is 1. The normalized spacial score (nSPS) is 11.0. The van der Waals surface area contributed by atoms with E-state index < -0.39 is 5.91 Å². The van der Waals surface area contributed by atoms with Crippen molar-refractivity contribution in [3.05, 3.63) is 138 Å². The highest BCUT2D eigenvalue weighted by molar-refractivity contribution is 6.12. The van der Waals surface area contributed by atoms with E-state index in [9.17, 15) is 10.1 Å². The Balaban J connectivity index is 1.39. The lowest BCUT2D eigenvalue weighted by molar-refractivity contribution is -0.112.